The highest BCUT2D eigenvalue weighted by Crippen LogP contribution is 2.28. The molecule has 1 rings (SSSR count). The molecule has 0 spiro atoms. The van der Waals surface area contributed by atoms with Gasteiger partial charge in [0.1, 0.15) is 11.9 Å². The Morgan fingerprint density at radius 1 is 1.55 bits per heavy atom. The average Bonchev–Trinajstić information content (AvgIpc) is 2.01. The first-order chi connectivity index (χ1) is 5.16. The average molecular weight is 234 g/mol. The van der Waals surface area contributed by atoms with Crippen LogP contribution in [-0.2, 0) is 0 Å². The van der Waals surface area contributed by atoms with Crippen LogP contribution in [0.3, 0.4) is 0 Å². The van der Waals surface area contributed by atoms with Gasteiger partial charge in [-0.1, -0.05) is 11.6 Å². The lowest BCUT2D eigenvalue weighted by molar-refractivity contribution is 0.621. The summed E-state index contributed by atoms with van der Waals surface area (Å²) in [7, 11) is 0. The van der Waals surface area contributed by atoms with E-state index in [1.54, 1.807) is 0 Å². The maximum absolute atomic E-state index is 12.7. The Labute approximate surface area is 76.5 Å². The maximum atomic E-state index is 12.7. The van der Waals surface area contributed by atoms with E-state index in [-0.39, 0.29) is 15.1 Å². The van der Waals surface area contributed by atoms with E-state index < -0.39 is 5.82 Å². The van der Waals surface area contributed by atoms with Crippen LogP contribution in [0.5, 0.6) is 0 Å². The topological polar surface area (TPSA) is 23.8 Å². The van der Waals surface area contributed by atoms with Crippen molar-refractivity contribution in [3.05, 3.63) is 33.0 Å². The number of halogens is 3. The molecule has 0 aromatic heterocycles. The first-order valence-corrected chi connectivity index (χ1v) is 3.87. The molecule has 1 nitrogen and oxygen atoms in total. The van der Waals surface area contributed by atoms with Gasteiger partial charge in [0, 0.05) is 0 Å². The van der Waals surface area contributed by atoms with Gasteiger partial charge in [0.25, 0.3) is 0 Å². The molecule has 56 valence electrons. The predicted molar refractivity (Wildman–Crippen MR) is 43.8 cm³/mol. The molecular weight excluding hydrogens is 232 g/mol. The molecule has 0 radical (unpaired) electrons. The summed E-state index contributed by atoms with van der Waals surface area (Å²) in [6.45, 7) is 0. The van der Waals surface area contributed by atoms with Gasteiger partial charge in [0.15, 0.2) is 0 Å². The van der Waals surface area contributed by atoms with E-state index in [0.717, 1.165) is 0 Å². The van der Waals surface area contributed by atoms with Crippen molar-refractivity contribution >= 4 is 27.5 Å². The number of hydrogen-bond acceptors (Lipinski definition) is 1. The first kappa shape index (κ1) is 8.51. The van der Waals surface area contributed by atoms with E-state index in [1.165, 1.54) is 12.1 Å². The van der Waals surface area contributed by atoms with Gasteiger partial charge < -0.3 is 0 Å². The third kappa shape index (κ3) is 1.52. The van der Waals surface area contributed by atoms with Crippen LogP contribution in [0.15, 0.2) is 16.6 Å². The molecule has 0 heterocycles. The minimum Gasteiger partial charge on any atom is -0.206 e. The molecule has 0 N–H and O–H groups in total. The fourth-order valence-corrected chi connectivity index (χ4v) is 1.15. The fourth-order valence-electron chi connectivity index (χ4n) is 0.612. The summed E-state index contributed by atoms with van der Waals surface area (Å²) in [5.41, 5.74) is 0.264. The zero-order chi connectivity index (χ0) is 8.43. The van der Waals surface area contributed by atoms with E-state index >= 15 is 0 Å². The second kappa shape index (κ2) is 3.21. The Bertz CT molecular complexity index is 332. The van der Waals surface area contributed by atoms with Gasteiger partial charge in [-0.25, -0.2) is 4.39 Å². The normalized spacial score (nSPS) is 9.27. The van der Waals surface area contributed by atoms with Gasteiger partial charge in [-0.2, -0.15) is 5.26 Å². The highest BCUT2D eigenvalue weighted by Gasteiger charge is 2.07. The summed E-state index contributed by atoms with van der Waals surface area (Å²) in [4.78, 5) is 0. The largest absolute Gasteiger partial charge is 0.206 e. The van der Waals surface area contributed by atoms with Gasteiger partial charge >= 0.3 is 0 Å². The van der Waals surface area contributed by atoms with E-state index in [9.17, 15) is 4.39 Å². The van der Waals surface area contributed by atoms with E-state index in [0.29, 0.717) is 0 Å². The fraction of sp³-hybridized carbons (Fsp3) is 0. The van der Waals surface area contributed by atoms with E-state index in [1.807, 2.05) is 6.07 Å². The van der Waals surface area contributed by atoms with Gasteiger partial charge in [0.05, 0.1) is 15.1 Å². The number of hydrogen-bond donors (Lipinski definition) is 0. The lowest BCUT2D eigenvalue weighted by atomic mass is 10.2. The molecule has 0 aliphatic rings. The number of nitrogens with zero attached hydrogens (tertiary/aromatic N) is 1. The molecule has 0 aliphatic heterocycles. The minimum absolute atomic E-state index is 0.118. The van der Waals surface area contributed by atoms with Crippen molar-refractivity contribution in [1.82, 2.24) is 0 Å². The Balaban J connectivity index is 3.40. The summed E-state index contributed by atoms with van der Waals surface area (Å²) in [5, 5.41) is 8.57. The number of benzene rings is 1. The molecule has 1 aromatic rings. The van der Waals surface area contributed by atoms with Gasteiger partial charge in [-0.3, -0.25) is 0 Å². The van der Waals surface area contributed by atoms with Crippen molar-refractivity contribution in [2.45, 2.75) is 0 Å². The molecule has 4 heteroatoms. The maximum Gasteiger partial charge on any atom is 0.138 e. The third-order valence-electron chi connectivity index (χ3n) is 1.16. The second-order valence-electron chi connectivity index (χ2n) is 1.83. The van der Waals surface area contributed by atoms with Crippen molar-refractivity contribution < 1.29 is 4.39 Å². The highest BCUT2D eigenvalue weighted by atomic mass is 79.9. The molecule has 0 bridgehead atoms. The van der Waals surface area contributed by atoms with Crippen molar-refractivity contribution in [3.63, 3.8) is 0 Å². The standard InChI is InChI=1S/C7H2BrClFN/c8-6-5(10)2-1-4(3-11)7(6)9/h1-2H. The summed E-state index contributed by atoms with van der Waals surface area (Å²) >= 11 is 8.50. The first-order valence-electron chi connectivity index (χ1n) is 2.70. The number of nitriles is 1. The lowest BCUT2D eigenvalue weighted by Crippen LogP contribution is -1.82. The van der Waals surface area contributed by atoms with Gasteiger partial charge in [-0.05, 0) is 28.1 Å². The SMILES string of the molecule is N#Cc1ccc(F)c(Br)c1Cl. The molecule has 0 atom stereocenters. The zero-order valence-electron chi connectivity index (χ0n) is 5.24. The summed E-state index contributed by atoms with van der Waals surface area (Å²) in [6, 6.07) is 4.36. The Morgan fingerprint density at radius 3 is 2.73 bits per heavy atom. The third-order valence-corrected chi connectivity index (χ3v) is 2.55. The van der Waals surface area contributed by atoms with Crippen LogP contribution in [0.2, 0.25) is 5.02 Å². The van der Waals surface area contributed by atoms with Crippen molar-refractivity contribution in [2.24, 2.45) is 0 Å². The van der Waals surface area contributed by atoms with Crippen molar-refractivity contribution in [2.75, 3.05) is 0 Å². The Morgan fingerprint density at radius 2 is 2.18 bits per heavy atom. The van der Waals surface area contributed by atoms with Crippen LogP contribution in [0.25, 0.3) is 0 Å². The van der Waals surface area contributed by atoms with Crippen molar-refractivity contribution in [3.8, 4) is 6.07 Å². The molecule has 0 unspecified atom stereocenters. The summed E-state index contributed by atoms with van der Waals surface area (Å²) in [5.74, 6) is -0.464. The van der Waals surface area contributed by atoms with Crippen LogP contribution in [0.4, 0.5) is 4.39 Å². The van der Waals surface area contributed by atoms with Crippen LogP contribution >= 0.6 is 27.5 Å². The molecule has 0 aliphatic carbocycles. The molecular formula is C7H2BrClFN. The highest BCUT2D eigenvalue weighted by molar-refractivity contribution is 9.10. The number of rotatable bonds is 0. The summed E-state index contributed by atoms with van der Waals surface area (Å²) in [6.07, 6.45) is 0. The zero-order valence-corrected chi connectivity index (χ0v) is 7.58. The Kier molecular flexibility index (Phi) is 2.48. The van der Waals surface area contributed by atoms with Crippen LogP contribution < -0.4 is 0 Å². The molecule has 0 amide bonds. The Hall–Kier alpha value is -0.590. The van der Waals surface area contributed by atoms with Gasteiger partial charge in [-0.15, -0.1) is 0 Å². The van der Waals surface area contributed by atoms with Crippen LogP contribution in [0, 0.1) is 17.1 Å². The minimum atomic E-state index is -0.464. The van der Waals surface area contributed by atoms with E-state index in [2.05, 4.69) is 15.9 Å². The quantitative estimate of drug-likeness (QED) is 0.633. The molecule has 11 heavy (non-hydrogen) atoms. The van der Waals surface area contributed by atoms with Crippen molar-refractivity contribution in [1.29, 1.82) is 5.26 Å². The molecule has 0 saturated heterocycles. The predicted octanol–water partition coefficient (Wildman–Crippen LogP) is 3.11. The van der Waals surface area contributed by atoms with Crippen LogP contribution in [-0.4, -0.2) is 0 Å². The smallest absolute Gasteiger partial charge is 0.138 e. The second-order valence-corrected chi connectivity index (χ2v) is 3.01. The summed E-state index contributed by atoms with van der Waals surface area (Å²) < 4.78 is 12.8. The van der Waals surface area contributed by atoms with Gasteiger partial charge in [0.2, 0.25) is 0 Å². The molecule has 1 aromatic carbocycles. The molecule has 0 saturated carbocycles. The monoisotopic (exact) mass is 233 g/mol. The van der Waals surface area contributed by atoms with E-state index in [4.69, 9.17) is 16.9 Å². The lowest BCUT2D eigenvalue weighted by Gasteiger charge is -1.97. The van der Waals surface area contributed by atoms with Crippen LogP contribution in [0.1, 0.15) is 5.56 Å². The molecule has 0 fully saturated rings.